The van der Waals surface area contributed by atoms with E-state index < -0.39 is 0 Å². The quantitative estimate of drug-likeness (QED) is 0.711. The number of hydrogen-bond donors (Lipinski definition) is 0. The summed E-state index contributed by atoms with van der Waals surface area (Å²) in [6.07, 6.45) is 1.05. The van der Waals surface area contributed by atoms with Crippen LogP contribution in [-0.2, 0) is 6.54 Å². The first-order valence-electron chi connectivity index (χ1n) is 9.13. The Kier molecular flexibility index (Phi) is 5.08. The van der Waals surface area contributed by atoms with Crippen molar-refractivity contribution in [3.8, 4) is 11.8 Å². The normalized spacial score (nSPS) is 15.3. The Bertz CT molecular complexity index is 912. The van der Waals surface area contributed by atoms with Crippen LogP contribution in [0, 0.1) is 11.3 Å². The molecule has 7 heteroatoms. The minimum absolute atomic E-state index is 0.702. The van der Waals surface area contributed by atoms with Crippen LogP contribution in [0.1, 0.15) is 17.5 Å². The summed E-state index contributed by atoms with van der Waals surface area (Å²) in [5.41, 5.74) is 2.90. The number of nitrogens with zero attached hydrogens (tertiary/aromatic N) is 7. The van der Waals surface area contributed by atoms with Crippen molar-refractivity contribution in [3.05, 3.63) is 65.7 Å². The molecule has 27 heavy (non-hydrogen) atoms. The van der Waals surface area contributed by atoms with E-state index in [1.54, 1.807) is 4.68 Å². The van der Waals surface area contributed by atoms with Crippen LogP contribution in [0.2, 0.25) is 0 Å². The average molecular weight is 359 g/mol. The minimum Gasteiger partial charge on any atom is -0.338 e. The van der Waals surface area contributed by atoms with Crippen LogP contribution >= 0.6 is 0 Å². The number of rotatable bonds is 4. The Morgan fingerprint density at radius 1 is 0.926 bits per heavy atom. The van der Waals surface area contributed by atoms with Crippen molar-refractivity contribution in [1.82, 2.24) is 25.1 Å². The highest BCUT2D eigenvalue weighted by atomic mass is 15.6. The van der Waals surface area contributed by atoms with Gasteiger partial charge in [0.1, 0.15) is 0 Å². The second-order valence-electron chi connectivity index (χ2n) is 6.65. The van der Waals surface area contributed by atoms with Gasteiger partial charge in [0.15, 0.2) is 0 Å². The third-order valence-corrected chi connectivity index (χ3v) is 4.81. The van der Waals surface area contributed by atoms with Gasteiger partial charge in [-0.3, -0.25) is 4.90 Å². The zero-order chi connectivity index (χ0) is 18.5. The lowest BCUT2D eigenvalue weighted by molar-refractivity contribution is 0.285. The summed E-state index contributed by atoms with van der Waals surface area (Å²) in [6.45, 7) is 4.68. The van der Waals surface area contributed by atoms with Crippen molar-refractivity contribution >= 4 is 5.95 Å². The summed E-state index contributed by atoms with van der Waals surface area (Å²) in [5, 5.41) is 21.3. The van der Waals surface area contributed by atoms with Crippen molar-refractivity contribution in [2.45, 2.75) is 13.0 Å². The Morgan fingerprint density at radius 2 is 1.74 bits per heavy atom. The topological polar surface area (TPSA) is 73.9 Å². The van der Waals surface area contributed by atoms with Crippen LogP contribution in [0.3, 0.4) is 0 Å². The highest BCUT2D eigenvalue weighted by Crippen LogP contribution is 2.18. The number of aromatic nitrogens is 4. The molecule has 0 atom stereocenters. The molecule has 2 heterocycles. The highest BCUT2D eigenvalue weighted by molar-refractivity contribution is 5.40. The predicted octanol–water partition coefficient (Wildman–Crippen LogP) is 2.25. The molecule has 0 bridgehead atoms. The van der Waals surface area contributed by atoms with Crippen molar-refractivity contribution in [2.24, 2.45) is 0 Å². The predicted molar refractivity (Wildman–Crippen MR) is 102 cm³/mol. The van der Waals surface area contributed by atoms with Crippen LogP contribution in [0.4, 0.5) is 5.95 Å². The maximum Gasteiger partial charge on any atom is 0.250 e. The third-order valence-electron chi connectivity index (χ3n) is 4.81. The van der Waals surface area contributed by atoms with Crippen molar-refractivity contribution in [2.75, 3.05) is 31.1 Å². The van der Waals surface area contributed by atoms with Crippen LogP contribution in [0.15, 0.2) is 54.6 Å². The van der Waals surface area contributed by atoms with Crippen LogP contribution < -0.4 is 4.90 Å². The van der Waals surface area contributed by atoms with E-state index >= 15 is 0 Å². The van der Waals surface area contributed by atoms with E-state index in [0.29, 0.717) is 5.56 Å². The summed E-state index contributed by atoms with van der Waals surface area (Å²) in [5.74, 6) is 0.793. The molecule has 0 N–H and O–H groups in total. The molecule has 1 saturated heterocycles. The molecule has 0 amide bonds. The fourth-order valence-electron chi connectivity index (χ4n) is 3.39. The van der Waals surface area contributed by atoms with Gasteiger partial charge < -0.3 is 4.90 Å². The first-order valence-corrected chi connectivity index (χ1v) is 9.13. The van der Waals surface area contributed by atoms with E-state index in [0.717, 1.165) is 50.8 Å². The van der Waals surface area contributed by atoms with E-state index in [4.69, 9.17) is 5.26 Å². The van der Waals surface area contributed by atoms with E-state index in [-0.39, 0.29) is 0 Å². The van der Waals surface area contributed by atoms with Gasteiger partial charge in [-0.05, 0) is 46.7 Å². The zero-order valence-electron chi connectivity index (χ0n) is 15.1. The monoisotopic (exact) mass is 359 g/mol. The van der Waals surface area contributed by atoms with Crippen LogP contribution in [0.25, 0.3) is 5.69 Å². The first-order chi connectivity index (χ1) is 13.3. The molecule has 0 radical (unpaired) electrons. The van der Waals surface area contributed by atoms with Gasteiger partial charge in [0.25, 0.3) is 0 Å². The number of tetrazole rings is 1. The number of benzene rings is 2. The minimum atomic E-state index is 0.702. The Morgan fingerprint density at radius 3 is 2.52 bits per heavy atom. The smallest absolute Gasteiger partial charge is 0.250 e. The zero-order valence-corrected chi connectivity index (χ0v) is 15.1. The molecule has 4 rings (SSSR count). The highest BCUT2D eigenvalue weighted by Gasteiger charge is 2.20. The fraction of sp³-hybridized carbons (Fsp3) is 0.300. The summed E-state index contributed by atoms with van der Waals surface area (Å²) >= 11 is 0. The lowest BCUT2D eigenvalue weighted by atomic mass is 10.1. The molecule has 1 aliphatic rings. The molecular formula is C20H21N7. The van der Waals surface area contributed by atoms with E-state index in [1.165, 1.54) is 5.56 Å². The van der Waals surface area contributed by atoms with Crippen molar-refractivity contribution in [3.63, 3.8) is 0 Å². The summed E-state index contributed by atoms with van der Waals surface area (Å²) < 4.78 is 1.80. The molecule has 3 aromatic rings. The molecule has 1 aromatic heterocycles. The van der Waals surface area contributed by atoms with E-state index in [9.17, 15) is 0 Å². The molecule has 0 unspecified atom stereocenters. The van der Waals surface area contributed by atoms with E-state index in [1.807, 2.05) is 54.6 Å². The second kappa shape index (κ2) is 7.98. The SMILES string of the molecule is N#Cc1ccc(CN2CCCN(c3nnnn3-c3ccccc3)CC2)cc1. The van der Waals surface area contributed by atoms with Crippen molar-refractivity contribution < 1.29 is 0 Å². The molecule has 1 aliphatic heterocycles. The Balaban J connectivity index is 1.43. The maximum atomic E-state index is 8.93. The van der Waals surface area contributed by atoms with Crippen LogP contribution in [0.5, 0.6) is 0 Å². The molecule has 1 fully saturated rings. The lowest BCUT2D eigenvalue weighted by Gasteiger charge is -2.22. The average Bonchev–Trinajstić information content (AvgIpc) is 3.10. The Labute approximate surface area is 158 Å². The number of anilines is 1. The molecule has 0 spiro atoms. The second-order valence-corrected chi connectivity index (χ2v) is 6.65. The van der Waals surface area contributed by atoms with E-state index in [2.05, 4.69) is 31.4 Å². The summed E-state index contributed by atoms with van der Waals surface area (Å²) in [4.78, 5) is 4.70. The first kappa shape index (κ1) is 17.2. The number of hydrogen-bond acceptors (Lipinski definition) is 6. The van der Waals surface area contributed by atoms with Gasteiger partial charge >= 0.3 is 0 Å². The van der Waals surface area contributed by atoms with Gasteiger partial charge in [0.2, 0.25) is 5.95 Å². The number of nitriles is 1. The van der Waals surface area contributed by atoms with Crippen molar-refractivity contribution in [1.29, 1.82) is 5.26 Å². The van der Waals surface area contributed by atoms with Gasteiger partial charge in [-0.25, -0.2) is 0 Å². The lowest BCUT2D eigenvalue weighted by Crippen LogP contribution is -2.32. The van der Waals surface area contributed by atoms with Crippen LogP contribution in [-0.4, -0.2) is 51.3 Å². The van der Waals surface area contributed by atoms with Gasteiger partial charge in [-0.15, -0.1) is 0 Å². The molecule has 2 aromatic carbocycles. The molecule has 136 valence electrons. The van der Waals surface area contributed by atoms with Gasteiger partial charge in [-0.2, -0.15) is 9.94 Å². The summed E-state index contributed by atoms with van der Waals surface area (Å²) in [6, 6.07) is 20.0. The summed E-state index contributed by atoms with van der Waals surface area (Å²) in [7, 11) is 0. The molecule has 0 aliphatic carbocycles. The van der Waals surface area contributed by atoms with Gasteiger partial charge in [0, 0.05) is 32.7 Å². The van der Waals surface area contributed by atoms with Gasteiger partial charge in [-0.1, -0.05) is 35.4 Å². The molecule has 0 saturated carbocycles. The standard InChI is InChI=1S/C20H21N7/c21-15-17-7-9-18(10-8-17)16-25-11-4-12-26(14-13-25)20-22-23-24-27(20)19-5-2-1-3-6-19/h1-3,5-10H,4,11-14,16H2. The maximum absolute atomic E-state index is 8.93. The number of para-hydroxylation sites is 1. The van der Waals surface area contributed by atoms with Gasteiger partial charge in [0.05, 0.1) is 17.3 Å². The largest absolute Gasteiger partial charge is 0.338 e. The molecular weight excluding hydrogens is 338 g/mol. The fourth-order valence-corrected chi connectivity index (χ4v) is 3.39. The molecule has 7 nitrogen and oxygen atoms in total. The Hall–Kier alpha value is -3.24. The third kappa shape index (κ3) is 3.96.